The molecule has 0 saturated carbocycles. The van der Waals surface area contributed by atoms with Crippen LogP contribution >= 0.6 is 0 Å². The van der Waals surface area contributed by atoms with Gasteiger partial charge in [0.1, 0.15) is 30.5 Å². The van der Waals surface area contributed by atoms with E-state index >= 15 is 0 Å². The van der Waals surface area contributed by atoms with Crippen molar-refractivity contribution >= 4 is 5.91 Å². The zero-order valence-electron chi connectivity index (χ0n) is 34.3. The van der Waals surface area contributed by atoms with Crippen LogP contribution < -0.4 is 5.32 Å². The van der Waals surface area contributed by atoms with Gasteiger partial charge in [-0.25, -0.2) is 0 Å². The Labute approximate surface area is 329 Å². The van der Waals surface area contributed by atoms with E-state index in [1.54, 1.807) is 6.08 Å². The molecule has 1 saturated heterocycles. The fourth-order valence-corrected chi connectivity index (χ4v) is 6.94. The lowest BCUT2D eigenvalue weighted by Crippen LogP contribution is -2.60. The van der Waals surface area contributed by atoms with Crippen LogP contribution in [0, 0.1) is 0 Å². The maximum absolute atomic E-state index is 13.0. The molecule has 0 radical (unpaired) electrons. The first-order valence-corrected chi connectivity index (χ1v) is 22.2. The number of hydrogen-bond acceptors (Lipinski definition) is 9. The molecule has 318 valence electrons. The van der Waals surface area contributed by atoms with Gasteiger partial charge in [0.25, 0.3) is 0 Å². The van der Waals surface area contributed by atoms with E-state index in [9.17, 15) is 35.4 Å². The second-order valence-corrected chi connectivity index (χ2v) is 15.6. The Morgan fingerprint density at radius 1 is 0.630 bits per heavy atom. The molecular formula is C44H83NO9. The van der Waals surface area contributed by atoms with E-state index in [4.69, 9.17) is 9.47 Å². The monoisotopic (exact) mass is 770 g/mol. The summed E-state index contributed by atoms with van der Waals surface area (Å²) in [7, 11) is 0. The van der Waals surface area contributed by atoms with Gasteiger partial charge < -0.3 is 45.4 Å². The van der Waals surface area contributed by atoms with Crippen molar-refractivity contribution < 1.29 is 44.9 Å². The number of allylic oxidation sites excluding steroid dienone is 3. The smallest absolute Gasteiger partial charge is 0.249 e. The largest absolute Gasteiger partial charge is 0.394 e. The molecule has 8 atom stereocenters. The van der Waals surface area contributed by atoms with Crippen molar-refractivity contribution in [2.75, 3.05) is 13.2 Å². The van der Waals surface area contributed by atoms with Gasteiger partial charge in [-0.2, -0.15) is 0 Å². The molecule has 1 fully saturated rings. The molecule has 1 rings (SSSR count). The van der Waals surface area contributed by atoms with Gasteiger partial charge in [0.05, 0.1) is 25.4 Å². The van der Waals surface area contributed by atoms with Gasteiger partial charge in [0.15, 0.2) is 6.29 Å². The summed E-state index contributed by atoms with van der Waals surface area (Å²) >= 11 is 0. The summed E-state index contributed by atoms with van der Waals surface area (Å²) in [5, 5.41) is 64.5. The fraction of sp³-hybridized carbons (Fsp3) is 0.886. The average Bonchev–Trinajstić information content (AvgIpc) is 3.17. The highest BCUT2D eigenvalue weighted by molar-refractivity contribution is 5.80. The van der Waals surface area contributed by atoms with Gasteiger partial charge in [-0.15, -0.1) is 0 Å². The summed E-state index contributed by atoms with van der Waals surface area (Å²) < 4.78 is 11.1. The second kappa shape index (κ2) is 34.8. The first kappa shape index (κ1) is 50.6. The molecule has 1 aliphatic rings. The Balaban J connectivity index is 2.47. The molecule has 0 bridgehead atoms. The third kappa shape index (κ3) is 25.0. The highest BCUT2D eigenvalue weighted by atomic mass is 16.7. The van der Waals surface area contributed by atoms with Crippen LogP contribution in [0.1, 0.15) is 187 Å². The van der Waals surface area contributed by atoms with Crippen molar-refractivity contribution in [2.24, 2.45) is 0 Å². The molecule has 8 unspecified atom stereocenters. The standard InChI is InChI=1S/C44H83NO9/c1-3-5-7-9-11-13-15-17-19-21-23-25-27-29-31-33-38(48)43(52)45-36(35-53-44-42(51)41(50)40(49)39(34-46)54-44)37(47)32-30-28-26-24-22-20-18-16-14-12-10-8-6-4-2/h22,24,30,32,36-42,44,46-51H,3-21,23,25-29,31,33-35H2,1-2H3,(H,45,52)/b24-22+,32-30+. The summed E-state index contributed by atoms with van der Waals surface area (Å²) in [5.41, 5.74) is 0. The summed E-state index contributed by atoms with van der Waals surface area (Å²) in [4.78, 5) is 13.0. The number of carbonyl (C=O) groups is 1. The number of aliphatic hydroxyl groups excluding tert-OH is 6. The number of aliphatic hydroxyl groups is 6. The SMILES string of the molecule is CCCCCCCCCC/C=C/CC/C=C/C(O)C(COC1OC(CO)C(O)C(O)C1O)NC(=O)C(O)CCCCCCCCCCCCCCCCC. The minimum Gasteiger partial charge on any atom is -0.394 e. The van der Waals surface area contributed by atoms with Crippen molar-refractivity contribution in [3.05, 3.63) is 24.3 Å². The molecule has 1 heterocycles. The molecule has 1 amide bonds. The topological polar surface area (TPSA) is 169 Å². The number of carbonyl (C=O) groups excluding carboxylic acids is 1. The summed E-state index contributed by atoms with van der Waals surface area (Å²) in [6, 6.07) is -0.991. The van der Waals surface area contributed by atoms with Gasteiger partial charge in [0.2, 0.25) is 5.91 Å². The van der Waals surface area contributed by atoms with Crippen LogP contribution in [-0.2, 0) is 14.3 Å². The number of nitrogens with one attached hydrogen (secondary N) is 1. The van der Waals surface area contributed by atoms with E-state index in [2.05, 4.69) is 31.3 Å². The van der Waals surface area contributed by atoms with Crippen LogP contribution in [0.5, 0.6) is 0 Å². The van der Waals surface area contributed by atoms with Gasteiger partial charge in [0, 0.05) is 0 Å². The predicted molar refractivity (Wildman–Crippen MR) is 218 cm³/mol. The number of unbranched alkanes of at least 4 members (excludes halogenated alkanes) is 23. The van der Waals surface area contributed by atoms with Gasteiger partial charge in [-0.3, -0.25) is 4.79 Å². The Bertz CT molecular complexity index is 916. The number of hydrogen-bond donors (Lipinski definition) is 7. The third-order valence-electron chi connectivity index (χ3n) is 10.6. The highest BCUT2D eigenvalue weighted by Gasteiger charge is 2.44. The van der Waals surface area contributed by atoms with E-state index < -0.39 is 61.5 Å². The van der Waals surface area contributed by atoms with E-state index in [1.165, 1.54) is 122 Å². The fourth-order valence-electron chi connectivity index (χ4n) is 6.94. The normalized spacial score (nSPS) is 22.3. The van der Waals surface area contributed by atoms with Crippen LogP contribution in [0.4, 0.5) is 0 Å². The molecule has 0 aromatic rings. The molecule has 0 aromatic heterocycles. The molecular weight excluding hydrogens is 686 g/mol. The molecule has 54 heavy (non-hydrogen) atoms. The van der Waals surface area contributed by atoms with Crippen LogP contribution in [0.3, 0.4) is 0 Å². The van der Waals surface area contributed by atoms with Crippen LogP contribution in [-0.4, -0.2) is 98.7 Å². The van der Waals surface area contributed by atoms with Crippen LogP contribution in [0.15, 0.2) is 24.3 Å². The van der Waals surface area contributed by atoms with Gasteiger partial charge in [-0.1, -0.05) is 179 Å². The van der Waals surface area contributed by atoms with Crippen LogP contribution in [0.2, 0.25) is 0 Å². The lowest BCUT2D eigenvalue weighted by atomic mass is 9.99. The zero-order valence-corrected chi connectivity index (χ0v) is 34.3. The third-order valence-corrected chi connectivity index (χ3v) is 10.6. The predicted octanol–water partition coefficient (Wildman–Crippen LogP) is 7.69. The first-order chi connectivity index (χ1) is 26.3. The second-order valence-electron chi connectivity index (χ2n) is 15.6. The maximum atomic E-state index is 13.0. The highest BCUT2D eigenvalue weighted by Crippen LogP contribution is 2.22. The Morgan fingerprint density at radius 3 is 1.61 bits per heavy atom. The Morgan fingerprint density at radius 2 is 1.09 bits per heavy atom. The summed E-state index contributed by atoms with van der Waals surface area (Å²) in [6.07, 6.45) is 29.8. The maximum Gasteiger partial charge on any atom is 0.249 e. The van der Waals surface area contributed by atoms with Gasteiger partial charge in [-0.05, 0) is 32.1 Å². The molecule has 7 N–H and O–H groups in total. The molecule has 0 aromatic carbocycles. The summed E-state index contributed by atoms with van der Waals surface area (Å²) in [5.74, 6) is -0.626. The zero-order chi connectivity index (χ0) is 39.7. The Hall–Kier alpha value is -1.37. The van der Waals surface area contributed by atoms with Crippen LogP contribution in [0.25, 0.3) is 0 Å². The van der Waals surface area contributed by atoms with E-state index in [-0.39, 0.29) is 6.61 Å². The minimum absolute atomic E-state index is 0.307. The average molecular weight is 770 g/mol. The molecule has 10 heteroatoms. The summed E-state index contributed by atoms with van der Waals surface area (Å²) in [6.45, 7) is 3.57. The van der Waals surface area contributed by atoms with E-state index in [1.807, 2.05) is 6.08 Å². The number of rotatable bonds is 36. The van der Waals surface area contributed by atoms with Crippen molar-refractivity contribution in [1.29, 1.82) is 0 Å². The number of amides is 1. The van der Waals surface area contributed by atoms with Gasteiger partial charge >= 0.3 is 0 Å². The Kier molecular flexibility index (Phi) is 32.7. The molecule has 10 nitrogen and oxygen atoms in total. The first-order valence-electron chi connectivity index (χ1n) is 22.2. The molecule has 0 spiro atoms. The molecule has 1 aliphatic heterocycles. The quantitative estimate of drug-likeness (QED) is 0.0250. The lowest BCUT2D eigenvalue weighted by Gasteiger charge is -2.40. The van der Waals surface area contributed by atoms with E-state index in [0.717, 1.165) is 32.1 Å². The molecule has 0 aliphatic carbocycles. The van der Waals surface area contributed by atoms with Crippen molar-refractivity contribution in [3.8, 4) is 0 Å². The van der Waals surface area contributed by atoms with Crippen molar-refractivity contribution in [2.45, 2.75) is 236 Å². The van der Waals surface area contributed by atoms with E-state index in [0.29, 0.717) is 19.3 Å². The number of ether oxygens (including phenoxy) is 2. The van der Waals surface area contributed by atoms with Crippen molar-refractivity contribution in [3.63, 3.8) is 0 Å². The van der Waals surface area contributed by atoms with Crippen molar-refractivity contribution in [1.82, 2.24) is 5.32 Å². The lowest BCUT2D eigenvalue weighted by molar-refractivity contribution is -0.302. The minimum atomic E-state index is -1.61.